The van der Waals surface area contributed by atoms with Crippen molar-refractivity contribution in [3.63, 3.8) is 0 Å². The highest BCUT2D eigenvalue weighted by atomic mass is 35.5. The van der Waals surface area contributed by atoms with Gasteiger partial charge in [-0.2, -0.15) is 0 Å². The van der Waals surface area contributed by atoms with Crippen LogP contribution in [0.1, 0.15) is 12.8 Å². The molecule has 1 aliphatic rings. The monoisotopic (exact) mass is 376 g/mol. The van der Waals surface area contributed by atoms with Crippen molar-refractivity contribution in [2.75, 3.05) is 44.4 Å². The first-order valence-corrected chi connectivity index (χ1v) is 7.61. The molecule has 0 saturated carbocycles. The van der Waals surface area contributed by atoms with Gasteiger partial charge in [0.1, 0.15) is 0 Å². The summed E-state index contributed by atoms with van der Waals surface area (Å²) in [5.74, 6) is -0.0327. The number of benzene rings is 1. The Kier molecular flexibility index (Phi) is 10.6. The number of amides is 2. The minimum Gasteiger partial charge on any atom is -0.326 e. The molecule has 0 unspecified atom stereocenters. The molecule has 24 heavy (non-hydrogen) atoms. The molecule has 136 valence electrons. The Morgan fingerprint density at radius 3 is 2.46 bits per heavy atom. The zero-order chi connectivity index (χ0) is 15.9. The predicted molar refractivity (Wildman–Crippen MR) is 102 cm³/mol. The van der Waals surface area contributed by atoms with Crippen molar-refractivity contribution in [2.45, 2.75) is 12.8 Å². The number of carbonyl (C=O) groups is 2. The highest BCUT2D eigenvalue weighted by molar-refractivity contribution is 5.95. The van der Waals surface area contributed by atoms with E-state index in [1.165, 1.54) is 0 Å². The molecule has 0 bridgehead atoms. The van der Waals surface area contributed by atoms with Crippen LogP contribution in [0.3, 0.4) is 0 Å². The highest BCUT2D eigenvalue weighted by Gasteiger charge is 2.20. The van der Waals surface area contributed by atoms with Crippen molar-refractivity contribution in [2.24, 2.45) is 5.92 Å². The van der Waals surface area contributed by atoms with E-state index in [2.05, 4.69) is 16.0 Å². The fourth-order valence-electron chi connectivity index (χ4n) is 2.48. The molecule has 1 atom stereocenters. The second-order valence-electron chi connectivity index (χ2n) is 5.90. The highest BCUT2D eigenvalue weighted by Crippen LogP contribution is 2.18. The van der Waals surface area contributed by atoms with Crippen molar-refractivity contribution in [1.29, 1.82) is 0 Å². The quantitative estimate of drug-likeness (QED) is 0.734. The Morgan fingerprint density at radius 2 is 1.88 bits per heavy atom. The van der Waals surface area contributed by atoms with Crippen LogP contribution in [-0.2, 0) is 9.59 Å². The lowest BCUT2D eigenvalue weighted by molar-refractivity contribution is -0.120. The second-order valence-corrected chi connectivity index (χ2v) is 5.90. The van der Waals surface area contributed by atoms with Crippen molar-refractivity contribution >= 4 is 48.0 Å². The van der Waals surface area contributed by atoms with Gasteiger partial charge in [0.2, 0.25) is 11.8 Å². The molecule has 0 aliphatic carbocycles. The van der Waals surface area contributed by atoms with Gasteiger partial charge in [-0.05, 0) is 51.7 Å². The number of likely N-dealkylation sites (N-methyl/N-ethyl adjacent to an activating group) is 1. The number of nitrogens with zero attached hydrogens (tertiary/aromatic N) is 1. The molecule has 1 heterocycles. The topological polar surface area (TPSA) is 73.5 Å². The Morgan fingerprint density at radius 1 is 1.21 bits per heavy atom. The number of hydrogen-bond acceptors (Lipinski definition) is 4. The molecular weight excluding hydrogens is 351 g/mol. The number of nitrogens with one attached hydrogen (secondary N) is 3. The first-order valence-electron chi connectivity index (χ1n) is 7.61. The number of carbonyl (C=O) groups excluding carboxylic acids is 2. The normalized spacial score (nSPS) is 16.5. The summed E-state index contributed by atoms with van der Waals surface area (Å²) >= 11 is 0. The summed E-state index contributed by atoms with van der Waals surface area (Å²) in [5, 5.41) is 8.98. The van der Waals surface area contributed by atoms with Gasteiger partial charge in [-0.1, -0.05) is 6.07 Å². The molecule has 8 heteroatoms. The number of halogens is 2. The summed E-state index contributed by atoms with van der Waals surface area (Å²) in [6.45, 7) is 2.03. The molecule has 6 nitrogen and oxygen atoms in total. The molecular formula is C16H26Cl2N4O2. The number of rotatable bonds is 5. The lowest BCUT2D eigenvalue weighted by Gasteiger charge is -2.22. The fraction of sp³-hybridized carbons (Fsp3) is 0.500. The van der Waals surface area contributed by atoms with Gasteiger partial charge in [0, 0.05) is 17.9 Å². The fourth-order valence-corrected chi connectivity index (χ4v) is 2.48. The summed E-state index contributed by atoms with van der Waals surface area (Å²) in [7, 11) is 3.68. The van der Waals surface area contributed by atoms with Crippen LogP contribution in [0.5, 0.6) is 0 Å². The van der Waals surface area contributed by atoms with Crippen LogP contribution in [0.15, 0.2) is 24.3 Å². The molecule has 2 rings (SSSR count). The van der Waals surface area contributed by atoms with Gasteiger partial charge < -0.3 is 20.9 Å². The molecule has 2 amide bonds. The summed E-state index contributed by atoms with van der Waals surface area (Å²) in [6.07, 6.45) is 1.94. The molecule has 3 N–H and O–H groups in total. The molecule has 1 aromatic rings. The third-order valence-corrected chi connectivity index (χ3v) is 3.54. The van der Waals surface area contributed by atoms with Gasteiger partial charge in [0.05, 0.1) is 12.5 Å². The number of hydrogen-bond donors (Lipinski definition) is 3. The Hall–Kier alpha value is -1.34. The Bertz CT molecular complexity index is 535. The maximum Gasteiger partial charge on any atom is 0.238 e. The van der Waals surface area contributed by atoms with Crippen molar-refractivity contribution in [3.8, 4) is 0 Å². The van der Waals surface area contributed by atoms with Gasteiger partial charge in [-0.15, -0.1) is 24.8 Å². The number of anilines is 2. The molecule has 1 fully saturated rings. The van der Waals surface area contributed by atoms with E-state index in [4.69, 9.17) is 0 Å². The molecule has 0 radical (unpaired) electrons. The Labute approximate surface area is 155 Å². The van der Waals surface area contributed by atoms with Crippen LogP contribution in [0.4, 0.5) is 11.4 Å². The van der Waals surface area contributed by atoms with Crippen molar-refractivity contribution < 1.29 is 9.59 Å². The lowest BCUT2D eigenvalue weighted by atomic mass is 9.99. The SMILES string of the molecule is CN(C)CC(=O)Nc1cccc(NC(=O)[C@H]2CCCNC2)c1.Cl.Cl. The maximum atomic E-state index is 12.2. The van der Waals surface area contributed by atoms with Crippen LogP contribution in [0.25, 0.3) is 0 Å². The van der Waals surface area contributed by atoms with E-state index < -0.39 is 0 Å². The summed E-state index contributed by atoms with van der Waals surface area (Å²) in [4.78, 5) is 25.8. The molecule has 0 aromatic heterocycles. The van der Waals surface area contributed by atoms with Crippen LogP contribution >= 0.6 is 24.8 Å². The van der Waals surface area contributed by atoms with Gasteiger partial charge in [-0.25, -0.2) is 0 Å². The second kappa shape index (κ2) is 11.3. The van der Waals surface area contributed by atoms with Crippen LogP contribution in [-0.4, -0.2) is 50.4 Å². The van der Waals surface area contributed by atoms with E-state index in [0.29, 0.717) is 17.9 Å². The first kappa shape index (κ1) is 22.7. The molecule has 0 spiro atoms. The summed E-state index contributed by atoms with van der Waals surface area (Å²) in [5.41, 5.74) is 1.39. The van der Waals surface area contributed by atoms with Crippen molar-refractivity contribution in [1.82, 2.24) is 10.2 Å². The molecule has 1 aliphatic heterocycles. The van der Waals surface area contributed by atoms with E-state index in [1.54, 1.807) is 11.0 Å². The summed E-state index contributed by atoms with van der Waals surface area (Å²) < 4.78 is 0. The van der Waals surface area contributed by atoms with Gasteiger partial charge >= 0.3 is 0 Å². The minimum absolute atomic E-state index is 0. The van der Waals surface area contributed by atoms with Crippen LogP contribution < -0.4 is 16.0 Å². The Balaban J connectivity index is 0.00000264. The lowest BCUT2D eigenvalue weighted by Crippen LogP contribution is -2.37. The van der Waals surface area contributed by atoms with E-state index >= 15 is 0 Å². The third-order valence-electron chi connectivity index (χ3n) is 3.54. The zero-order valence-electron chi connectivity index (χ0n) is 14.0. The van der Waals surface area contributed by atoms with E-state index in [1.807, 2.05) is 32.3 Å². The van der Waals surface area contributed by atoms with Crippen molar-refractivity contribution in [3.05, 3.63) is 24.3 Å². The van der Waals surface area contributed by atoms with Crippen LogP contribution in [0, 0.1) is 5.92 Å². The van der Waals surface area contributed by atoms with Gasteiger partial charge in [0.15, 0.2) is 0 Å². The minimum atomic E-state index is -0.0787. The van der Waals surface area contributed by atoms with E-state index in [9.17, 15) is 9.59 Å². The predicted octanol–water partition coefficient (Wildman–Crippen LogP) is 1.97. The average Bonchev–Trinajstić information content (AvgIpc) is 2.47. The van der Waals surface area contributed by atoms with E-state index in [0.717, 1.165) is 25.9 Å². The maximum absolute atomic E-state index is 12.2. The third kappa shape index (κ3) is 7.49. The molecule has 1 aromatic carbocycles. The van der Waals surface area contributed by atoms with Gasteiger partial charge in [0.25, 0.3) is 0 Å². The molecule has 1 saturated heterocycles. The summed E-state index contributed by atoms with van der Waals surface area (Å²) in [6, 6.07) is 7.24. The zero-order valence-corrected chi connectivity index (χ0v) is 15.6. The smallest absolute Gasteiger partial charge is 0.238 e. The average molecular weight is 377 g/mol. The number of piperidine rings is 1. The first-order chi connectivity index (χ1) is 10.5. The largest absolute Gasteiger partial charge is 0.326 e. The standard InChI is InChI=1S/C16H24N4O2.2ClH/c1-20(2)11-15(21)18-13-6-3-7-14(9-13)19-16(22)12-5-4-8-17-10-12;;/h3,6-7,9,12,17H,4-5,8,10-11H2,1-2H3,(H,18,21)(H,19,22);2*1H/t12-;;/m0../s1. The van der Waals surface area contributed by atoms with Crippen LogP contribution in [0.2, 0.25) is 0 Å². The van der Waals surface area contributed by atoms with Gasteiger partial charge in [-0.3, -0.25) is 9.59 Å². The van der Waals surface area contributed by atoms with E-state index in [-0.39, 0.29) is 42.5 Å².